The first-order valence-corrected chi connectivity index (χ1v) is 5.03. The van der Waals surface area contributed by atoms with E-state index >= 15 is 0 Å². The van der Waals surface area contributed by atoms with Gasteiger partial charge < -0.3 is 11.5 Å². The molecule has 0 bridgehead atoms. The Kier molecular flexibility index (Phi) is 2.60. The summed E-state index contributed by atoms with van der Waals surface area (Å²) in [6.07, 6.45) is 0.938. The zero-order chi connectivity index (χ0) is 10.8. The van der Waals surface area contributed by atoms with Crippen molar-refractivity contribution in [3.63, 3.8) is 0 Å². The van der Waals surface area contributed by atoms with Crippen LogP contribution in [-0.4, -0.2) is 23.9 Å². The van der Waals surface area contributed by atoms with Crippen LogP contribution >= 0.6 is 0 Å². The Labute approximate surface area is 88.9 Å². The van der Waals surface area contributed by atoms with Crippen LogP contribution in [0.1, 0.15) is 11.1 Å². The number of amides is 1. The van der Waals surface area contributed by atoms with Gasteiger partial charge in [0.2, 0.25) is 5.91 Å². The van der Waals surface area contributed by atoms with Crippen LogP contribution in [0, 0.1) is 0 Å². The minimum Gasteiger partial charge on any atom is -0.399 e. The molecule has 1 aromatic rings. The van der Waals surface area contributed by atoms with Crippen molar-refractivity contribution in [2.45, 2.75) is 13.0 Å². The van der Waals surface area contributed by atoms with Crippen LogP contribution in [0.15, 0.2) is 18.2 Å². The molecule has 0 aliphatic carbocycles. The summed E-state index contributed by atoms with van der Waals surface area (Å²) < 4.78 is 0. The van der Waals surface area contributed by atoms with E-state index in [0.717, 1.165) is 25.2 Å². The highest BCUT2D eigenvalue weighted by molar-refractivity contribution is 5.76. The average molecular weight is 205 g/mol. The van der Waals surface area contributed by atoms with Crippen molar-refractivity contribution < 1.29 is 4.79 Å². The lowest BCUT2D eigenvalue weighted by Crippen LogP contribution is -2.37. The molecule has 0 saturated heterocycles. The summed E-state index contributed by atoms with van der Waals surface area (Å²) in [6, 6.07) is 5.93. The van der Waals surface area contributed by atoms with Crippen LogP contribution in [0.25, 0.3) is 0 Å². The van der Waals surface area contributed by atoms with Crippen LogP contribution in [0.5, 0.6) is 0 Å². The molecule has 15 heavy (non-hydrogen) atoms. The van der Waals surface area contributed by atoms with Crippen molar-refractivity contribution >= 4 is 11.6 Å². The van der Waals surface area contributed by atoms with E-state index in [1.165, 1.54) is 11.1 Å². The van der Waals surface area contributed by atoms with Crippen molar-refractivity contribution in [1.82, 2.24) is 4.90 Å². The number of nitrogens with two attached hydrogens (primary N) is 2. The average Bonchev–Trinajstić information content (AvgIpc) is 2.17. The second-order valence-corrected chi connectivity index (χ2v) is 3.96. The fourth-order valence-corrected chi connectivity index (χ4v) is 1.99. The molecule has 1 aliphatic rings. The van der Waals surface area contributed by atoms with Crippen LogP contribution in [0.3, 0.4) is 0 Å². The second kappa shape index (κ2) is 3.90. The lowest BCUT2D eigenvalue weighted by Gasteiger charge is -2.27. The van der Waals surface area contributed by atoms with Crippen LogP contribution in [0.4, 0.5) is 5.69 Å². The van der Waals surface area contributed by atoms with Gasteiger partial charge in [0.05, 0.1) is 6.54 Å². The summed E-state index contributed by atoms with van der Waals surface area (Å²) in [7, 11) is 0. The van der Waals surface area contributed by atoms with Crippen molar-refractivity contribution in [1.29, 1.82) is 0 Å². The summed E-state index contributed by atoms with van der Waals surface area (Å²) in [5.41, 5.74) is 14.2. The van der Waals surface area contributed by atoms with Gasteiger partial charge in [-0.2, -0.15) is 0 Å². The first-order chi connectivity index (χ1) is 7.15. The highest BCUT2D eigenvalue weighted by Gasteiger charge is 2.17. The predicted octanol–water partition coefficient (Wildman–Crippen LogP) is 0.112. The maximum atomic E-state index is 10.8. The molecular formula is C11H15N3O. The van der Waals surface area contributed by atoms with E-state index < -0.39 is 0 Å². The van der Waals surface area contributed by atoms with Gasteiger partial charge in [0.15, 0.2) is 0 Å². The zero-order valence-electron chi connectivity index (χ0n) is 8.57. The maximum absolute atomic E-state index is 10.8. The van der Waals surface area contributed by atoms with Crippen molar-refractivity contribution in [2.24, 2.45) is 5.73 Å². The molecule has 1 heterocycles. The molecule has 0 aromatic heterocycles. The predicted molar refractivity (Wildman–Crippen MR) is 59.0 cm³/mol. The molecule has 4 heteroatoms. The molecule has 0 saturated carbocycles. The number of hydrogen-bond acceptors (Lipinski definition) is 3. The van der Waals surface area contributed by atoms with Crippen LogP contribution < -0.4 is 11.5 Å². The van der Waals surface area contributed by atoms with Gasteiger partial charge in [-0.1, -0.05) is 6.07 Å². The number of carbonyl (C=O) groups is 1. The molecule has 4 nitrogen and oxygen atoms in total. The van der Waals surface area contributed by atoms with Gasteiger partial charge >= 0.3 is 0 Å². The number of nitrogens with zero attached hydrogens (tertiary/aromatic N) is 1. The molecule has 0 radical (unpaired) electrons. The molecule has 0 spiro atoms. The van der Waals surface area contributed by atoms with E-state index in [1.54, 1.807) is 0 Å². The zero-order valence-corrected chi connectivity index (χ0v) is 8.57. The summed E-state index contributed by atoms with van der Waals surface area (Å²) >= 11 is 0. The van der Waals surface area contributed by atoms with Crippen LogP contribution in [0.2, 0.25) is 0 Å². The van der Waals surface area contributed by atoms with E-state index in [9.17, 15) is 4.79 Å². The standard InChI is InChI=1S/C11H15N3O/c12-10-2-1-9-6-14(7-11(13)15)4-3-8(9)5-10/h1-2,5H,3-4,6-7,12H2,(H2,13,15). The Balaban J connectivity index is 2.13. The third-order valence-corrected chi connectivity index (χ3v) is 2.70. The molecule has 4 N–H and O–H groups in total. The molecule has 0 unspecified atom stereocenters. The van der Waals surface area contributed by atoms with E-state index in [0.29, 0.717) is 6.54 Å². The minimum atomic E-state index is -0.270. The smallest absolute Gasteiger partial charge is 0.231 e. The monoisotopic (exact) mass is 205 g/mol. The molecule has 0 fully saturated rings. The summed E-state index contributed by atoms with van der Waals surface area (Å²) in [6.45, 7) is 2.00. The molecule has 80 valence electrons. The molecule has 1 aromatic carbocycles. The highest BCUT2D eigenvalue weighted by atomic mass is 16.1. The fraction of sp³-hybridized carbons (Fsp3) is 0.364. The summed E-state index contributed by atoms with van der Waals surface area (Å²) in [5, 5.41) is 0. The number of fused-ring (bicyclic) bond motifs is 1. The molecular weight excluding hydrogens is 190 g/mol. The van der Waals surface area contributed by atoms with Gasteiger partial charge in [-0.3, -0.25) is 9.69 Å². The van der Waals surface area contributed by atoms with Crippen molar-refractivity contribution in [3.05, 3.63) is 29.3 Å². The molecule has 1 amide bonds. The number of rotatable bonds is 2. The lowest BCUT2D eigenvalue weighted by molar-refractivity contribution is -0.119. The largest absolute Gasteiger partial charge is 0.399 e. The number of nitrogen functional groups attached to an aromatic ring is 1. The first-order valence-electron chi connectivity index (χ1n) is 5.03. The number of hydrogen-bond donors (Lipinski definition) is 2. The third kappa shape index (κ3) is 2.27. The van der Waals surface area contributed by atoms with Crippen LogP contribution in [-0.2, 0) is 17.8 Å². The van der Waals surface area contributed by atoms with Gasteiger partial charge in [-0.05, 0) is 29.7 Å². The van der Waals surface area contributed by atoms with E-state index in [4.69, 9.17) is 11.5 Å². The van der Waals surface area contributed by atoms with E-state index in [1.807, 2.05) is 18.2 Å². The third-order valence-electron chi connectivity index (χ3n) is 2.70. The molecule has 2 rings (SSSR count). The Morgan fingerprint density at radius 1 is 1.40 bits per heavy atom. The summed E-state index contributed by atoms with van der Waals surface area (Å²) in [4.78, 5) is 12.9. The van der Waals surface area contributed by atoms with E-state index in [-0.39, 0.29) is 5.91 Å². The minimum absolute atomic E-state index is 0.270. The second-order valence-electron chi connectivity index (χ2n) is 3.96. The van der Waals surface area contributed by atoms with Gasteiger partial charge in [0.1, 0.15) is 0 Å². The highest BCUT2D eigenvalue weighted by Crippen LogP contribution is 2.20. The molecule has 1 aliphatic heterocycles. The number of carbonyl (C=O) groups excluding carboxylic acids is 1. The van der Waals surface area contributed by atoms with E-state index in [2.05, 4.69) is 4.90 Å². The number of primary amides is 1. The van der Waals surface area contributed by atoms with Crippen molar-refractivity contribution in [3.8, 4) is 0 Å². The van der Waals surface area contributed by atoms with Crippen molar-refractivity contribution in [2.75, 3.05) is 18.8 Å². The molecule has 0 atom stereocenters. The SMILES string of the molecule is NC(=O)CN1CCc2cc(N)ccc2C1. The van der Waals surface area contributed by atoms with Gasteiger partial charge in [-0.25, -0.2) is 0 Å². The van der Waals surface area contributed by atoms with Gasteiger partial charge in [-0.15, -0.1) is 0 Å². The van der Waals surface area contributed by atoms with Gasteiger partial charge in [0.25, 0.3) is 0 Å². The quantitative estimate of drug-likeness (QED) is 0.673. The topological polar surface area (TPSA) is 72.4 Å². The van der Waals surface area contributed by atoms with Gasteiger partial charge in [0, 0.05) is 18.8 Å². The maximum Gasteiger partial charge on any atom is 0.231 e. The Morgan fingerprint density at radius 3 is 2.93 bits per heavy atom. The fourth-order valence-electron chi connectivity index (χ4n) is 1.99. The summed E-state index contributed by atoms with van der Waals surface area (Å²) in [5.74, 6) is -0.270. The number of benzene rings is 1. The normalized spacial score (nSPS) is 16.0. The Hall–Kier alpha value is -1.55. The number of anilines is 1. The first kappa shape index (κ1) is 9.98. The lowest BCUT2D eigenvalue weighted by atomic mass is 9.99. The Bertz CT molecular complexity index is 389. The Morgan fingerprint density at radius 2 is 2.20 bits per heavy atom.